The summed E-state index contributed by atoms with van der Waals surface area (Å²) >= 11 is 0. The molecule has 0 aromatic rings. The largest absolute Gasteiger partial charge is 0.389 e. The summed E-state index contributed by atoms with van der Waals surface area (Å²) in [5.41, 5.74) is 0.434. The number of ether oxygens (including phenoxy) is 1. The average molecular weight is 285 g/mol. The number of hydrogen-bond acceptors (Lipinski definition) is 3. The second kappa shape index (κ2) is 9.01. The number of aliphatic hydroxyl groups is 1. The van der Waals surface area contributed by atoms with E-state index in [2.05, 4.69) is 33.0 Å². The number of nitrogens with one attached hydrogen (secondary N) is 1. The Balaban J connectivity index is 2.09. The third-order valence-corrected chi connectivity index (χ3v) is 4.37. The highest BCUT2D eigenvalue weighted by atomic mass is 16.5. The van der Waals surface area contributed by atoms with Gasteiger partial charge in [0.05, 0.1) is 18.8 Å². The van der Waals surface area contributed by atoms with E-state index in [1.54, 1.807) is 0 Å². The molecule has 1 saturated carbocycles. The van der Waals surface area contributed by atoms with Crippen LogP contribution in [0, 0.1) is 11.3 Å². The van der Waals surface area contributed by atoms with E-state index >= 15 is 0 Å². The van der Waals surface area contributed by atoms with Crippen LogP contribution in [0.5, 0.6) is 0 Å². The lowest BCUT2D eigenvalue weighted by Gasteiger charge is -2.34. The first kappa shape index (κ1) is 17.9. The zero-order valence-electron chi connectivity index (χ0n) is 14.0. The van der Waals surface area contributed by atoms with E-state index in [-0.39, 0.29) is 6.10 Å². The maximum atomic E-state index is 9.96. The summed E-state index contributed by atoms with van der Waals surface area (Å²) in [4.78, 5) is 0. The van der Waals surface area contributed by atoms with Gasteiger partial charge < -0.3 is 15.2 Å². The van der Waals surface area contributed by atoms with Crippen molar-refractivity contribution in [1.82, 2.24) is 5.32 Å². The monoisotopic (exact) mass is 285 g/mol. The average Bonchev–Trinajstić information content (AvgIpc) is 2.36. The van der Waals surface area contributed by atoms with Gasteiger partial charge in [-0.05, 0) is 37.5 Å². The Bertz CT molecular complexity index is 249. The van der Waals surface area contributed by atoms with Gasteiger partial charge in [0, 0.05) is 13.1 Å². The minimum Gasteiger partial charge on any atom is -0.389 e. The van der Waals surface area contributed by atoms with Crippen molar-refractivity contribution < 1.29 is 9.84 Å². The molecule has 20 heavy (non-hydrogen) atoms. The van der Waals surface area contributed by atoms with Gasteiger partial charge in [-0.15, -0.1) is 0 Å². The highest BCUT2D eigenvalue weighted by Gasteiger charge is 2.26. The highest BCUT2D eigenvalue weighted by molar-refractivity contribution is 4.80. The molecule has 0 amide bonds. The molecule has 2 atom stereocenters. The van der Waals surface area contributed by atoms with Crippen LogP contribution in [0.3, 0.4) is 0 Å². The van der Waals surface area contributed by atoms with Crippen LogP contribution in [0.15, 0.2) is 0 Å². The summed E-state index contributed by atoms with van der Waals surface area (Å²) in [6, 6.07) is 0. The van der Waals surface area contributed by atoms with Crippen molar-refractivity contribution >= 4 is 0 Å². The zero-order chi connectivity index (χ0) is 15.0. The molecule has 3 heteroatoms. The maximum absolute atomic E-state index is 9.96. The molecule has 0 heterocycles. The summed E-state index contributed by atoms with van der Waals surface area (Å²) in [7, 11) is 0. The molecule has 0 aromatic heterocycles. The molecule has 0 bridgehead atoms. The quantitative estimate of drug-likeness (QED) is 0.682. The number of rotatable bonds is 9. The van der Waals surface area contributed by atoms with E-state index in [0.717, 1.165) is 13.0 Å². The van der Waals surface area contributed by atoms with Gasteiger partial charge in [0.2, 0.25) is 0 Å². The van der Waals surface area contributed by atoms with Gasteiger partial charge in [0.15, 0.2) is 0 Å². The summed E-state index contributed by atoms with van der Waals surface area (Å²) in [6.07, 6.45) is 7.64. The van der Waals surface area contributed by atoms with Gasteiger partial charge in [-0.3, -0.25) is 0 Å². The summed E-state index contributed by atoms with van der Waals surface area (Å²) in [5.74, 6) is 0.645. The SMILES string of the molecule is CC(C)CC(C)OCC(O)CNCC1(C)CCCCC1. The smallest absolute Gasteiger partial charge is 0.0897 e. The minimum atomic E-state index is -0.392. The third kappa shape index (κ3) is 7.61. The van der Waals surface area contributed by atoms with Gasteiger partial charge in [0.25, 0.3) is 0 Å². The topological polar surface area (TPSA) is 41.5 Å². The predicted octanol–water partition coefficient (Wildman–Crippen LogP) is 3.36. The van der Waals surface area contributed by atoms with Crippen molar-refractivity contribution in [3.05, 3.63) is 0 Å². The van der Waals surface area contributed by atoms with Gasteiger partial charge >= 0.3 is 0 Å². The lowest BCUT2D eigenvalue weighted by atomic mass is 9.76. The summed E-state index contributed by atoms with van der Waals surface area (Å²) < 4.78 is 5.69. The van der Waals surface area contributed by atoms with E-state index in [1.807, 2.05) is 0 Å². The number of aliphatic hydroxyl groups excluding tert-OH is 1. The lowest BCUT2D eigenvalue weighted by Crippen LogP contribution is -2.39. The van der Waals surface area contributed by atoms with Gasteiger partial charge in [-0.2, -0.15) is 0 Å². The fourth-order valence-electron chi connectivity index (χ4n) is 3.19. The van der Waals surface area contributed by atoms with E-state index in [4.69, 9.17) is 4.74 Å². The summed E-state index contributed by atoms with van der Waals surface area (Å²) in [5, 5.41) is 13.4. The van der Waals surface area contributed by atoms with Crippen molar-refractivity contribution in [3.63, 3.8) is 0 Å². The van der Waals surface area contributed by atoms with Crippen molar-refractivity contribution in [2.24, 2.45) is 11.3 Å². The summed E-state index contributed by atoms with van der Waals surface area (Å²) in [6.45, 7) is 11.0. The Morgan fingerprint density at radius 3 is 2.40 bits per heavy atom. The van der Waals surface area contributed by atoms with E-state index in [9.17, 15) is 5.11 Å². The molecule has 3 nitrogen and oxygen atoms in total. The molecule has 0 spiro atoms. The van der Waals surface area contributed by atoms with Gasteiger partial charge in [-0.1, -0.05) is 40.0 Å². The molecule has 1 fully saturated rings. The van der Waals surface area contributed by atoms with Crippen molar-refractivity contribution in [2.45, 2.75) is 78.4 Å². The van der Waals surface area contributed by atoms with Gasteiger partial charge in [-0.25, -0.2) is 0 Å². The number of hydrogen-bond donors (Lipinski definition) is 2. The maximum Gasteiger partial charge on any atom is 0.0897 e. The molecule has 0 radical (unpaired) electrons. The lowest BCUT2D eigenvalue weighted by molar-refractivity contribution is -0.00939. The van der Waals surface area contributed by atoms with E-state index in [0.29, 0.717) is 24.5 Å². The molecular formula is C17H35NO2. The first-order valence-corrected chi connectivity index (χ1v) is 8.42. The molecule has 1 aliphatic carbocycles. The standard InChI is InChI=1S/C17H35NO2/c1-14(2)10-15(3)20-12-16(19)11-18-13-17(4)8-6-5-7-9-17/h14-16,18-19H,5-13H2,1-4H3. The fourth-order valence-corrected chi connectivity index (χ4v) is 3.19. The van der Waals surface area contributed by atoms with Crippen LogP contribution in [0.25, 0.3) is 0 Å². The molecule has 0 saturated heterocycles. The first-order valence-electron chi connectivity index (χ1n) is 8.42. The van der Waals surface area contributed by atoms with Crippen LogP contribution in [0.1, 0.15) is 66.2 Å². The van der Waals surface area contributed by atoms with E-state index in [1.165, 1.54) is 32.1 Å². The Labute approximate surface area is 125 Å². The Hall–Kier alpha value is -0.120. The van der Waals surface area contributed by atoms with Crippen LogP contribution >= 0.6 is 0 Å². The Morgan fingerprint density at radius 1 is 1.15 bits per heavy atom. The Morgan fingerprint density at radius 2 is 1.80 bits per heavy atom. The second-order valence-electron chi connectivity index (χ2n) is 7.43. The molecule has 1 rings (SSSR count). The minimum absolute atomic E-state index is 0.237. The van der Waals surface area contributed by atoms with Crippen LogP contribution in [0.2, 0.25) is 0 Å². The molecule has 0 aromatic carbocycles. The second-order valence-corrected chi connectivity index (χ2v) is 7.43. The van der Waals surface area contributed by atoms with Crippen LogP contribution in [-0.4, -0.2) is 37.0 Å². The van der Waals surface area contributed by atoms with Crippen LogP contribution < -0.4 is 5.32 Å². The van der Waals surface area contributed by atoms with E-state index < -0.39 is 6.10 Å². The zero-order valence-corrected chi connectivity index (χ0v) is 14.0. The Kier molecular flexibility index (Phi) is 8.08. The molecule has 1 aliphatic rings. The normalized spacial score (nSPS) is 21.9. The molecule has 2 unspecified atom stereocenters. The van der Waals surface area contributed by atoms with Crippen LogP contribution in [0.4, 0.5) is 0 Å². The molecular weight excluding hydrogens is 250 g/mol. The first-order chi connectivity index (χ1) is 9.41. The van der Waals surface area contributed by atoms with Crippen molar-refractivity contribution in [1.29, 1.82) is 0 Å². The molecule has 0 aliphatic heterocycles. The highest BCUT2D eigenvalue weighted by Crippen LogP contribution is 2.34. The van der Waals surface area contributed by atoms with Crippen molar-refractivity contribution in [2.75, 3.05) is 19.7 Å². The van der Waals surface area contributed by atoms with Gasteiger partial charge in [0.1, 0.15) is 0 Å². The van der Waals surface area contributed by atoms with Crippen LogP contribution in [-0.2, 0) is 4.74 Å². The predicted molar refractivity (Wildman–Crippen MR) is 84.9 cm³/mol. The van der Waals surface area contributed by atoms with Crippen molar-refractivity contribution in [3.8, 4) is 0 Å². The molecule has 2 N–H and O–H groups in total. The fraction of sp³-hybridized carbons (Fsp3) is 1.00. The molecule has 120 valence electrons. The third-order valence-electron chi connectivity index (χ3n) is 4.37.